The van der Waals surface area contributed by atoms with E-state index < -0.39 is 11.7 Å². The van der Waals surface area contributed by atoms with Crippen molar-refractivity contribution < 1.29 is 9.53 Å². The molecular weight excluding hydrogens is 332 g/mol. The van der Waals surface area contributed by atoms with Crippen LogP contribution < -0.4 is 16.4 Å². The van der Waals surface area contributed by atoms with E-state index in [4.69, 9.17) is 15.9 Å². The molecule has 1 aromatic heterocycles. The van der Waals surface area contributed by atoms with Crippen LogP contribution >= 0.6 is 0 Å². The normalized spacial score (nSPS) is 10.9. The zero-order valence-corrected chi connectivity index (χ0v) is 15.4. The minimum absolute atomic E-state index is 0.221. The molecule has 5 N–H and O–H groups in total. The first-order valence-electron chi connectivity index (χ1n) is 8.25. The van der Waals surface area contributed by atoms with Gasteiger partial charge in [-0.15, -0.1) is 0 Å². The van der Waals surface area contributed by atoms with Crippen molar-refractivity contribution in [1.82, 2.24) is 9.97 Å². The topological polar surface area (TPSA) is 126 Å². The number of nitrogens with two attached hydrogens (primary N) is 1. The number of aromatic nitrogens is 2. The van der Waals surface area contributed by atoms with Crippen LogP contribution in [0.1, 0.15) is 39.7 Å². The van der Waals surface area contributed by atoms with Crippen LogP contribution in [0.2, 0.25) is 0 Å². The summed E-state index contributed by atoms with van der Waals surface area (Å²) < 4.78 is 5.27. The Kier molecular flexibility index (Phi) is 5.76. The van der Waals surface area contributed by atoms with Crippen LogP contribution in [0.25, 0.3) is 0 Å². The second-order valence-corrected chi connectivity index (χ2v) is 6.65. The quantitative estimate of drug-likeness (QED) is 0.475. The molecule has 0 aliphatic rings. The number of ether oxygens (including phenoxy) is 1. The Morgan fingerprint density at radius 3 is 2.38 bits per heavy atom. The van der Waals surface area contributed by atoms with Crippen molar-refractivity contribution in [3.8, 4) is 0 Å². The minimum atomic E-state index is -0.639. The molecule has 0 aliphatic carbocycles. The van der Waals surface area contributed by atoms with Crippen molar-refractivity contribution in [2.24, 2.45) is 0 Å². The third-order valence-electron chi connectivity index (χ3n) is 3.30. The number of nitrogens with one attached hydrogen (secondary N) is 3. The van der Waals surface area contributed by atoms with Gasteiger partial charge in [0.05, 0.1) is 5.56 Å². The number of nitrogens with zero attached hydrogens (tertiary/aromatic N) is 2. The minimum Gasteiger partial charge on any atom is -0.444 e. The molecule has 0 saturated heterocycles. The van der Waals surface area contributed by atoms with Gasteiger partial charge in [0.15, 0.2) is 0 Å². The summed E-state index contributed by atoms with van der Waals surface area (Å²) in [7, 11) is 0. The Morgan fingerprint density at radius 1 is 1.19 bits per heavy atom. The first-order valence-corrected chi connectivity index (χ1v) is 8.25. The summed E-state index contributed by atoms with van der Waals surface area (Å²) in [6.07, 6.45) is 1.13. The van der Waals surface area contributed by atoms with Gasteiger partial charge in [-0.2, -0.15) is 0 Å². The van der Waals surface area contributed by atoms with Gasteiger partial charge in [0.1, 0.15) is 23.6 Å². The maximum atomic E-state index is 12.1. The molecule has 0 fully saturated rings. The fourth-order valence-electron chi connectivity index (χ4n) is 2.14. The monoisotopic (exact) mass is 356 g/mol. The van der Waals surface area contributed by atoms with Crippen LogP contribution in [-0.4, -0.2) is 27.4 Å². The molecule has 1 aromatic carbocycles. The van der Waals surface area contributed by atoms with Crippen molar-refractivity contribution in [3.05, 3.63) is 36.2 Å². The Balaban J connectivity index is 2.35. The lowest BCUT2D eigenvalue weighted by molar-refractivity contribution is 0.0635. The van der Waals surface area contributed by atoms with E-state index in [0.717, 1.165) is 5.69 Å². The van der Waals surface area contributed by atoms with E-state index in [1.807, 2.05) is 6.92 Å². The van der Waals surface area contributed by atoms with Crippen molar-refractivity contribution in [3.63, 3.8) is 0 Å². The first kappa shape index (κ1) is 19.2. The predicted molar refractivity (Wildman–Crippen MR) is 103 cm³/mol. The Hall–Kier alpha value is -3.16. The van der Waals surface area contributed by atoms with Crippen molar-refractivity contribution in [2.45, 2.75) is 39.7 Å². The maximum absolute atomic E-state index is 12.1. The Morgan fingerprint density at radius 2 is 1.81 bits per heavy atom. The number of hydrogen-bond acceptors (Lipinski definition) is 7. The lowest BCUT2D eigenvalue weighted by Gasteiger charge is -2.20. The van der Waals surface area contributed by atoms with Gasteiger partial charge < -0.3 is 21.2 Å². The van der Waals surface area contributed by atoms with Crippen LogP contribution in [0.15, 0.2) is 30.6 Å². The molecule has 0 bridgehead atoms. The summed E-state index contributed by atoms with van der Waals surface area (Å²) >= 11 is 0. The number of amides is 1. The zero-order chi connectivity index (χ0) is 19.3. The van der Waals surface area contributed by atoms with Crippen LogP contribution in [-0.2, 0) is 4.74 Å². The van der Waals surface area contributed by atoms with Crippen LogP contribution in [0.5, 0.6) is 0 Å². The average molecular weight is 356 g/mol. The number of rotatable bonds is 5. The summed E-state index contributed by atoms with van der Waals surface area (Å²) in [5, 5.41) is 14.0. The van der Waals surface area contributed by atoms with Crippen LogP contribution in [0.3, 0.4) is 0 Å². The summed E-state index contributed by atoms with van der Waals surface area (Å²) in [5.74, 6) is 0.640. The predicted octanol–water partition coefficient (Wildman–Crippen LogP) is 3.93. The molecule has 0 atom stereocenters. The third kappa shape index (κ3) is 5.17. The average Bonchev–Trinajstić information content (AvgIpc) is 2.55. The highest BCUT2D eigenvalue weighted by molar-refractivity contribution is 6.08. The highest BCUT2D eigenvalue weighted by Gasteiger charge is 2.21. The standard InChI is InChI=1S/C18H24N6O2/c1-5-13(20)14-15(23-12-8-6-11(19)7-9-12)21-10-22-16(14)24-17(25)26-18(2,3)4/h6-10,20H,5,19H2,1-4H3,(H2,21,22,23,24,25). The number of carbonyl (C=O) groups is 1. The zero-order valence-electron chi connectivity index (χ0n) is 15.4. The number of hydrogen-bond donors (Lipinski definition) is 4. The second kappa shape index (κ2) is 7.81. The number of anilines is 4. The molecule has 0 unspecified atom stereocenters. The highest BCUT2D eigenvalue weighted by atomic mass is 16.6. The fourth-order valence-corrected chi connectivity index (χ4v) is 2.14. The molecule has 2 aromatic rings. The Bertz CT molecular complexity index is 796. The summed E-state index contributed by atoms with van der Waals surface area (Å²) in [6, 6.07) is 7.12. The van der Waals surface area contributed by atoms with Gasteiger partial charge in [0.2, 0.25) is 0 Å². The van der Waals surface area contributed by atoms with E-state index in [9.17, 15) is 4.79 Å². The lowest BCUT2D eigenvalue weighted by atomic mass is 10.1. The molecule has 8 heteroatoms. The summed E-state index contributed by atoms with van der Waals surface area (Å²) in [6.45, 7) is 7.17. The van der Waals surface area contributed by atoms with Crippen LogP contribution in [0.4, 0.5) is 27.8 Å². The van der Waals surface area contributed by atoms with Gasteiger partial charge >= 0.3 is 6.09 Å². The highest BCUT2D eigenvalue weighted by Crippen LogP contribution is 2.26. The molecule has 138 valence electrons. The van der Waals surface area contributed by atoms with Gasteiger partial charge in [0, 0.05) is 17.1 Å². The Labute approximate surface area is 152 Å². The summed E-state index contributed by atoms with van der Waals surface area (Å²) in [5.41, 5.74) is 7.16. The molecular formula is C18H24N6O2. The van der Waals surface area contributed by atoms with Gasteiger partial charge in [0.25, 0.3) is 0 Å². The third-order valence-corrected chi connectivity index (χ3v) is 3.30. The van der Waals surface area contributed by atoms with Crippen molar-refractivity contribution >= 4 is 34.8 Å². The van der Waals surface area contributed by atoms with E-state index in [2.05, 4.69) is 20.6 Å². The first-order chi connectivity index (χ1) is 12.2. The summed E-state index contributed by atoms with van der Waals surface area (Å²) in [4.78, 5) is 20.4. The molecule has 0 spiro atoms. The van der Waals surface area contributed by atoms with E-state index in [1.54, 1.807) is 45.0 Å². The molecule has 26 heavy (non-hydrogen) atoms. The number of benzene rings is 1. The van der Waals surface area contributed by atoms with Gasteiger partial charge in [-0.25, -0.2) is 14.8 Å². The van der Waals surface area contributed by atoms with Crippen molar-refractivity contribution in [1.29, 1.82) is 5.41 Å². The van der Waals surface area contributed by atoms with E-state index >= 15 is 0 Å². The number of nitrogen functional groups attached to an aromatic ring is 1. The molecule has 1 heterocycles. The molecule has 0 radical (unpaired) electrons. The molecule has 0 aliphatic heterocycles. The smallest absolute Gasteiger partial charge is 0.413 e. The van der Waals surface area contributed by atoms with E-state index in [0.29, 0.717) is 23.5 Å². The molecule has 2 rings (SSSR count). The van der Waals surface area contributed by atoms with Gasteiger partial charge in [-0.05, 0) is 51.5 Å². The SMILES string of the molecule is CCC(=N)c1c(NC(=O)OC(C)(C)C)ncnc1Nc1ccc(N)cc1. The van der Waals surface area contributed by atoms with Crippen molar-refractivity contribution in [2.75, 3.05) is 16.4 Å². The van der Waals surface area contributed by atoms with Gasteiger partial charge in [-0.3, -0.25) is 5.32 Å². The van der Waals surface area contributed by atoms with E-state index in [1.165, 1.54) is 6.33 Å². The largest absolute Gasteiger partial charge is 0.444 e. The molecule has 0 saturated carbocycles. The maximum Gasteiger partial charge on any atom is 0.413 e. The lowest BCUT2D eigenvalue weighted by Crippen LogP contribution is -2.28. The van der Waals surface area contributed by atoms with Gasteiger partial charge in [-0.1, -0.05) is 6.92 Å². The fraction of sp³-hybridized carbons (Fsp3) is 0.333. The molecule has 8 nitrogen and oxygen atoms in total. The molecule has 1 amide bonds. The van der Waals surface area contributed by atoms with E-state index in [-0.39, 0.29) is 11.5 Å². The van der Waals surface area contributed by atoms with Crippen LogP contribution in [0, 0.1) is 5.41 Å². The number of carbonyl (C=O) groups excluding carboxylic acids is 1. The second-order valence-electron chi connectivity index (χ2n) is 6.65.